The van der Waals surface area contributed by atoms with Gasteiger partial charge >= 0.3 is 18.0 Å². The summed E-state index contributed by atoms with van der Waals surface area (Å²) in [6.07, 6.45) is -0.907. The number of hydrogen-bond donors (Lipinski definition) is 2. The van der Waals surface area contributed by atoms with Gasteiger partial charge < -0.3 is 24.3 Å². The summed E-state index contributed by atoms with van der Waals surface area (Å²) in [5.41, 5.74) is 4.34. The van der Waals surface area contributed by atoms with Crippen molar-refractivity contribution in [2.24, 2.45) is 0 Å². The van der Waals surface area contributed by atoms with Crippen LogP contribution in [0.5, 0.6) is 0 Å². The molecule has 2 aromatic carbocycles. The Balaban J connectivity index is 1.37. The molecule has 0 bridgehead atoms. The second kappa shape index (κ2) is 9.60. The summed E-state index contributed by atoms with van der Waals surface area (Å²) in [6.45, 7) is 1.31. The van der Waals surface area contributed by atoms with Gasteiger partial charge in [-0.05, 0) is 34.4 Å². The Morgan fingerprint density at radius 3 is 2.15 bits per heavy atom. The van der Waals surface area contributed by atoms with Gasteiger partial charge in [-0.25, -0.2) is 9.59 Å². The molecule has 8 heteroatoms. The van der Waals surface area contributed by atoms with Crippen molar-refractivity contribution < 1.29 is 33.4 Å². The van der Waals surface area contributed by atoms with Gasteiger partial charge in [0.15, 0.2) is 0 Å². The lowest BCUT2D eigenvalue weighted by atomic mass is 9.98. The molecule has 2 N–H and O–H groups in total. The lowest BCUT2D eigenvalue weighted by Crippen LogP contribution is -2.42. The van der Waals surface area contributed by atoms with Crippen LogP contribution in [0.1, 0.15) is 35.5 Å². The molecule has 1 heterocycles. The van der Waals surface area contributed by atoms with Gasteiger partial charge in [-0.2, -0.15) is 0 Å². The Labute approximate surface area is 190 Å². The highest BCUT2D eigenvalue weighted by Crippen LogP contribution is 2.44. The highest BCUT2D eigenvalue weighted by Gasteiger charge is 2.30. The molecule has 1 amide bonds. The minimum atomic E-state index is -1.24. The van der Waals surface area contributed by atoms with Crippen molar-refractivity contribution in [1.82, 2.24) is 5.32 Å². The van der Waals surface area contributed by atoms with Crippen molar-refractivity contribution in [2.45, 2.75) is 31.9 Å². The van der Waals surface area contributed by atoms with Crippen LogP contribution in [0.3, 0.4) is 0 Å². The van der Waals surface area contributed by atoms with Gasteiger partial charge in [0.25, 0.3) is 0 Å². The van der Waals surface area contributed by atoms with Crippen molar-refractivity contribution in [3.8, 4) is 11.1 Å². The van der Waals surface area contributed by atoms with Crippen molar-refractivity contribution in [3.63, 3.8) is 0 Å². The topological polar surface area (TPSA) is 115 Å². The summed E-state index contributed by atoms with van der Waals surface area (Å²) in [4.78, 5) is 35.0. The standard InChI is InChI=1S/C25H23NO7/c1-15(27)31-13-17-11-10-16(33-17)12-23(24(28)29)26-25(30)32-14-22-20-8-4-2-6-18(20)19-7-3-5-9-21(19)22/h2-11,22-23H,12-14H2,1H3,(H,26,30)(H,28,29). The molecule has 1 aliphatic carbocycles. The molecule has 0 saturated heterocycles. The molecule has 0 fully saturated rings. The smallest absolute Gasteiger partial charge is 0.407 e. The van der Waals surface area contributed by atoms with Crippen LogP contribution in [-0.2, 0) is 32.1 Å². The molecule has 1 atom stereocenters. The number of amides is 1. The van der Waals surface area contributed by atoms with Gasteiger partial charge in [0.05, 0.1) is 0 Å². The quantitative estimate of drug-likeness (QED) is 0.502. The maximum Gasteiger partial charge on any atom is 0.407 e. The molecule has 1 aliphatic rings. The van der Waals surface area contributed by atoms with Crippen LogP contribution >= 0.6 is 0 Å². The highest BCUT2D eigenvalue weighted by molar-refractivity contribution is 5.81. The number of hydrogen-bond acceptors (Lipinski definition) is 6. The maximum absolute atomic E-state index is 12.4. The summed E-state index contributed by atoms with van der Waals surface area (Å²) >= 11 is 0. The maximum atomic E-state index is 12.4. The van der Waals surface area contributed by atoms with Crippen molar-refractivity contribution in [2.75, 3.05) is 6.61 Å². The first-order valence-electron chi connectivity index (χ1n) is 10.5. The average molecular weight is 449 g/mol. The number of benzene rings is 2. The lowest BCUT2D eigenvalue weighted by molar-refractivity contribution is -0.142. The Hall–Kier alpha value is -4.07. The van der Waals surface area contributed by atoms with E-state index in [2.05, 4.69) is 5.32 Å². The van der Waals surface area contributed by atoms with E-state index >= 15 is 0 Å². The molecule has 170 valence electrons. The van der Waals surface area contributed by atoms with Gasteiger partial charge in [-0.15, -0.1) is 0 Å². The van der Waals surface area contributed by atoms with E-state index in [1.165, 1.54) is 6.92 Å². The van der Waals surface area contributed by atoms with Crippen LogP contribution in [0, 0.1) is 0 Å². The van der Waals surface area contributed by atoms with Gasteiger partial charge in [0.2, 0.25) is 0 Å². The summed E-state index contributed by atoms with van der Waals surface area (Å²) in [6, 6.07) is 17.8. The van der Waals surface area contributed by atoms with E-state index < -0.39 is 24.1 Å². The zero-order valence-electron chi connectivity index (χ0n) is 17.9. The monoisotopic (exact) mass is 449 g/mol. The molecule has 1 unspecified atom stereocenters. The fraction of sp³-hybridized carbons (Fsp3) is 0.240. The number of nitrogens with one attached hydrogen (secondary N) is 1. The third-order valence-corrected chi connectivity index (χ3v) is 5.47. The molecule has 8 nitrogen and oxygen atoms in total. The Kier molecular flexibility index (Phi) is 6.44. The number of carbonyl (C=O) groups is 3. The first-order valence-corrected chi connectivity index (χ1v) is 10.5. The van der Waals surface area contributed by atoms with Crippen LogP contribution in [-0.4, -0.2) is 35.8 Å². The minimum Gasteiger partial charge on any atom is -0.480 e. The van der Waals surface area contributed by atoms with Crippen LogP contribution in [0.25, 0.3) is 11.1 Å². The van der Waals surface area contributed by atoms with E-state index in [1.54, 1.807) is 12.1 Å². The molecular weight excluding hydrogens is 426 g/mol. The Morgan fingerprint density at radius 1 is 0.939 bits per heavy atom. The van der Waals surface area contributed by atoms with Crippen molar-refractivity contribution in [1.29, 1.82) is 0 Å². The number of furan rings is 1. The van der Waals surface area contributed by atoms with Crippen LogP contribution in [0.15, 0.2) is 65.1 Å². The van der Waals surface area contributed by atoms with E-state index in [-0.39, 0.29) is 25.6 Å². The average Bonchev–Trinajstić information content (AvgIpc) is 3.38. The minimum absolute atomic E-state index is 0.0487. The number of carbonyl (C=O) groups excluding carboxylic acids is 2. The van der Waals surface area contributed by atoms with Gasteiger partial charge in [-0.1, -0.05) is 48.5 Å². The number of esters is 1. The SMILES string of the molecule is CC(=O)OCc1ccc(CC(NC(=O)OCC2c3ccccc3-c3ccccc32)C(=O)O)o1. The summed E-state index contributed by atoms with van der Waals surface area (Å²) < 4.78 is 15.8. The van der Waals surface area contributed by atoms with E-state index in [0.717, 1.165) is 22.3 Å². The van der Waals surface area contributed by atoms with Gasteiger partial charge in [-0.3, -0.25) is 4.79 Å². The number of carboxylic acid groups (broad SMARTS) is 1. The number of fused-ring (bicyclic) bond motifs is 3. The van der Waals surface area contributed by atoms with E-state index in [4.69, 9.17) is 13.9 Å². The van der Waals surface area contributed by atoms with E-state index in [9.17, 15) is 19.5 Å². The molecular formula is C25H23NO7. The lowest BCUT2D eigenvalue weighted by Gasteiger charge is -2.17. The zero-order chi connectivity index (χ0) is 23.4. The molecule has 33 heavy (non-hydrogen) atoms. The van der Waals surface area contributed by atoms with E-state index in [1.807, 2.05) is 48.5 Å². The first-order chi connectivity index (χ1) is 15.9. The van der Waals surface area contributed by atoms with Crippen molar-refractivity contribution in [3.05, 3.63) is 83.3 Å². The fourth-order valence-corrected chi connectivity index (χ4v) is 3.97. The number of rotatable bonds is 8. The largest absolute Gasteiger partial charge is 0.480 e. The number of carboxylic acids is 1. The molecule has 1 aromatic heterocycles. The van der Waals surface area contributed by atoms with Gasteiger partial charge in [0, 0.05) is 19.3 Å². The van der Waals surface area contributed by atoms with Crippen LogP contribution in [0.2, 0.25) is 0 Å². The van der Waals surface area contributed by atoms with Crippen LogP contribution in [0.4, 0.5) is 4.79 Å². The molecule has 3 aromatic rings. The van der Waals surface area contributed by atoms with E-state index in [0.29, 0.717) is 11.5 Å². The summed E-state index contributed by atoms with van der Waals surface area (Å²) in [5, 5.41) is 11.9. The predicted octanol–water partition coefficient (Wildman–Crippen LogP) is 3.88. The normalized spacial score (nSPS) is 13.0. The van der Waals surface area contributed by atoms with Gasteiger partial charge in [0.1, 0.15) is 30.8 Å². The second-order valence-electron chi connectivity index (χ2n) is 7.71. The number of alkyl carbamates (subject to hydrolysis) is 1. The van der Waals surface area contributed by atoms with Crippen molar-refractivity contribution >= 4 is 18.0 Å². The first kappa shape index (κ1) is 22.1. The third-order valence-electron chi connectivity index (χ3n) is 5.47. The molecule has 0 aliphatic heterocycles. The Morgan fingerprint density at radius 2 is 1.55 bits per heavy atom. The third kappa shape index (κ3) is 5.06. The summed E-state index contributed by atoms with van der Waals surface area (Å²) in [7, 11) is 0. The molecule has 0 saturated carbocycles. The fourth-order valence-electron chi connectivity index (χ4n) is 3.97. The molecule has 4 rings (SSSR count). The zero-order valence-corrected chi connectivity index (χ0v) is 17.9. The molecule has 0 radical (unpaired) electrons. The predicted molar refractivity (Wildman–Crippen MR) is 118 cm³/mol. The van der Waals surface area contributed by atoms with Crippen LogP contribution < -0.4 is 5.32 Å². The Bertz CT molecular complexity index is 1140. The molecule has 0 spiro atoms. The highest BCUT2D eigenvalue weighted by atomic mass is 16.6. The number of ether oxygens (including phenoxy) is 2. The number of aliphatic carboxylic acids is 1. The summed E-state index contributed by atoms with van der Waals surface area (Å²) in [5.74, 6) is -1.08. The second-order valence-corrected chi connectivity index (χ2v) is 7.71.